The minimum atomic E-state index is -0.231. The Morgan fingerprint density at radius 2 is 1.90 bits per heavy atom. The number of hydrogen-bond donors (Lipinski definition) is 0. The van der Waals surface area contributed by atoms with Gasteiger partial charge < -0.3 is 4.74 Å². The Balaban J connectivity index is 2.31. The molecule has 0 fully saturated rings. The Hall–Kier alpha value is -1.98. The molecule has 0 radical (unpaired) electrons. The van der Waals surface area contributed by atoms with Crippen LogP contribution in [0.3, 0.4) is 0 Å². The van der Waals surface area contributed by atoms with Crippen LogP contribution in [0.1, 0.15) is 22.6 Å². The number of rotatable bonds is 4. The predicted octanol–water partition coefficient (Wildman–Crippen LogP) is 4.51. The number of methoxy groups -OCH3 is 1. The number of benzene rings is 2. The quantitative estimate of drug-likeness (QED) is 0.828. The van der Waals surface area contributed by atoms with Gasteiger partial charge in [0.15, 0.2) is 0 Å². The van der Waals surface area contributed by atoms with Crippen LogP contribution in [-0.4, -0.2) is 7.11 Å². The third-order valence-corrected chi connectivity index (χ3v) is 3.52. The lowest BCUT2D eigenvalue weighted by atomic mass is 9.91. The van der Waals surface area contributed by atoms with Crippen molar-refractivity contribution in [2.24, 2.45) is 0 Å². The van der Waals surface area contributed by atoms with Crippen molar-refractivity contribution in [1.82, 2.24) is 0 Å². The SMILES string of the molecule is COc1ccc(C)cc1C(C#N)Cc1ccc(Cl)cc1. The number of hydrogen-bond acceptors (Lipinski definition) is 2. The summed E-state index contributed by atoms with van der Waals surface area (Å²) in [4.78, 5) is 0. The first-order valence-electron chi connectivity index (χ1n) is 6.42. The van der Waals surface area contributed by atoms with Gasteiger partial charge in [-0.2, -0.15) is 5.26 Å². The topological polar surface area (TPSA) is 33.0 Å². The van der Waals surface area contributed by atoms with Crippen molar-refractivity contribution < 1.29 is 4.74 Å². The van der Waals surface area contributed by atoms with Crippen molar-refractivity contribution in [3.63, 3.8) is 0 Å². The van der Waals surface area contributed by atoms with E-state index in [9.17, 15) is 5.26 Å². The molecule has 2 aromatic rings. The van der Waals surface area contributed by atoms with Gasteiger partial charge in [-0.05, 0) is 37.1 Å². The van der Waals surface area contributed by atoms with Gasteiger partial charge in [0.05, 0.1) is 19.1 Å². The first-order valence-corrected chi connectivity index (χ1v) is 6.80. The van der Waals surface area contributed by atoms with Crippen LogP contribution in [0, 0.1) is 18.3 Å². The Labute approximate surface area is 124 Å². The Kier molecular flexibility index (Phi) is 4.65. The van der Waals surface area contributed by atoms with Crippen LogP contribution in [-0.2, 0) is 6.42 Å². The standard InChI is InChI=1S/C17H16ClNO/c1-12-3-8-17(20-2)16(9-12)14(11-19)10-13-4-6-15(18)7-5-13/h3-9,14H,10H2,1-2H3. The second-order valence-electron chi connectivity index (χ2n) is 4.76. The van der Waals surface area contributed by atoms with Crippen molar-refractivity contribution in [2.75, 3.05) is 7.11 Å². The van der Waals surface area contributed by atoms with Crippen LogP contribution in [0.25, 0.3) is 0 Å². The molecule has 0 heterocycles. The monoisotopic (exact) mass is 285 g/mol. The number of nitrogens with zero attached hydrogens (tertiary/aromatic N) is 1. The molecular formula is C17H16ClNO. The molecule has 2 nitrogen and oxygen atoms in total. The van der Waals surface area contributed by atoms with Crippen LogP contribution in [0.15, 0.2) is 42.5 Å². The highest BCUT2D eigenvalue weighted by Crippen LogP contribution is 2.30. The van der Waals surface area contributed by atoms with Crippen molar-refractivity contribution in [3.8, 4) is 11.8 Å². The van der Waals surface area contributed by atoms with Gasteiger partial charge in [0.1, 0.15) is 5.75 Å². The van der Waals surface area contributed by atoms with Gasteiger partial charge in [0.2, 0.25) is 0 Å². The summed E-state index contributed by atoms with van der Waals surface area (Å²) in [5.74, 6) is 0.530. The van der Waals surface area contributed by atoms with E-state index >= 15 is 0 Å². The Bertz CT molecular complexity index is 628. The van der Waals surface area contributed by atoms with E-state index in [1.54, 1.807) is 7.11 Å². The number of halogens is 1. The molecule has 1 atom stereocenters. The van der Waals surface area contributed by atoms with Gasteiger partial charge in [0, 0.05) is 10.6 Å². The fourth-order valence-corrected chi connectivity index (χ4v) is 2.33. The summed E-state index contributed by atoms with van der Waals surface area (Å²) in [5, 5.41) is 10.2. The molecule has 20 heavy (non-hydrogen) atoms. The average Bonchev–Trinajstić information content (AvgIpc) is 2.46. The molecule has 2 rings (SSSR count). The second kappa shape index (κ2) is 6.45. The van der Waals surface area contributed by atoms with Gasteiger partial charge in [-0.3, -0.25) is 0 Å². The molecule has 3 heteroatoms. The number of aryl methyl sites for hydroxylation is 1. The summed E-state index contributed by atoms with van der Waals surface area (Å²) >= 11 is 5.88. The van der Waals surface area contributed by atoms with E-state index in [2.05, 4.69) is 6.07 Å². The van der Waals surface area contributed by atoms with E-state index < -0.39 is 0 Å². The molecular weight excluding hydrogens is 270 g/mol. The van der Waals surface area contributed by atoms with E-state index in [1.165, 1.54) is 0 Å². The third kappa shape index (κ3) is 3.31. The van der Waals surface area contributed by atoms with Gasteiger partial charge >= 0.3 is 0 Å². The average molecular weight is 286 g/mol. The zero-order chi connectivity index (χ0) is 14.5. The molecule has 0 spiro atoms. The van der Waals surface area contributed by atoms with Crippen LogP contribution < -0.4 is 4.74 Å². The van der Waals surface area contributed by atoms with Crippen molar-refractivity contribution in [3.05, 3.63) is 64.2 Å². The lowest BCUT2D eigenvalue weighted by Gasteiger charge is -2.14. The molecule has 0 bridgehead atoms. The molecule has 0 saturated heterocycles. The van der Waals surface area contributed by atoms with Crippen LogP contribution >= 0.6 is 11.6 Å². The maximum absolute atomic E-state index is 9.47. The molecule has 0 amide bonds. The molecule has 0 aliphatic rings. The summed E-state index contributed by atoms with van der Waals surface area (Å²) in [6, 6.07) is 15.9. The molecule has 0 N–H and O–H groups in total. The molecule has 0 aromatic heterocycles. The van der Waals surface area contributed by atoms with Crippen LogP contribution in [0.2, 0.25) is 5.02 Å². The molecule has 0 aliphatic carbocycles. The van der Waals surface area contributed by atoms with E-state index in [0.717, 1.165) is 22.4 Å². The fourth-order valence-electron chi connectivity index (χ4n) is 2.21. The highest BCUT2D eigenvalue weighted by molar-refractivity contribution is 6.30. The highest BCUT2D eigenvalue weighted by atomic mass is 35.5. The lowest BCUT2D eigenvalue weighted by Crippen LogP contribution is -2.03. The second-order valence-corrected chi connectivity index (χ2v) is 5.19. The van der Waals surface area contributed by atoms with Crippen LogP contribution in [0.5, 0.6) is 5.75 Å². The van der Waals surface area contributed by atoms with Gasteiger partial charge in [-0.15, -0.1) is 0 Å². The number of ether oxygens (including phenoxy) is 1. The van der Waals surface area contributed by atoms with E-state index in [1.807, 2.05) is 49.4 Å². The van der Waals surface area contributed by atoms with Crippen molar-refractivity contribution >= 4 is 11.6 Å². The Morgan fingerprint density at radius 3 is 2.50 bits per heavy atom. The first-order chi connectivity index (χ1) is 9.63. The minimum absolute atomic E-state index is 0.231. The van der Waals surface area contributed by atoms with E-state index in [4.69, 9.17) is 16.3 Å². The lowest BCUT2D eigenvalue weighted by molar-refractivity contribution is 0.408. The zero-order valence-electron chi connectivity index (χ0n) is 11.6. The molecule has 0 saturated carbocycles. The molecule has 0 aliphatic heterocycles. The molecule has 2 aromatic carbocycles. The number of nitriles is 1. The molecule has 1 unspecified atom stereocenters. The summed E-state index contributed by atoms with van der Waals surface area (Å²) < 4.78 is 5.37. The van der Waals surface area contributed by atoms with E-state index in [0.29, 0.717) is 11.4 Å². The summed E-state index contributed by atoms with van der Waals surface area (Å²) in [7, 11) is 1.63. The first kappa shape index (κ1) is 14.4. The predicted molar refractivity (Wildman–Crippen MR) is 81.2 cm³/mol. The third-order valence-electron chi connectivity index (χ3n) is 3.27. The summed E-state index contributed by atoms with van der Waals surface area (Å²) in [6.07, 6.45) is 0.646. The maximum atomic E-state index is 9.47. The van der Waals surface area contributed by atoms with Crippen molar-refractivity contribution in [1.29, 1.82) is 5.26 Å². The summed E-state index contributed by atoms with van der Waals surface area (Å²) in [5.41, 5.74) is 3.15. The van der Waals surface area contributed by atoms with Gasteiger partial charge in [-0.1, -0.05) is 41.4 Å². The zero-order valence-corrected chi connectivity index (χ0v) is 12.3. The summed E-state index contributed by atoms with van der Waals surface area (Å²) in [6.45, 7) is 2.01. The van der Waals surface area contributed by atoms with E-state index in [-0.39, 0.29) is 5.92 Å². The van der Waals surface area contributed by atoms with Gasteiger partial charge in [-0.25, -0.2) is 0 Å². The minimum Gasteiger partial charge on any atom is -0.496 e. The molecule has 102 valence electrons. The maximum Gasteiger partial charge on any atom is 0.123 e. The Morgan fingerprint density at radius 1 is 1.20 bits per heavy atom. The fraction of sp³-hybridized carbons (Fsp3) is 0.235. The van der Waals surface area contributed by atoms with Gasteiger partial charge in [0.25, 0.3) is 0 Å². The van der Waals surface area contributed by atoms with Crippen molar-refractivity contribution in [2.45, 2.75) is 19.3 Å². The van der Waals surface area contributed by atoms with Crippen LogP contribution in [0.4, 0.5) is 0 Å². The largest absolute Gasteiger partial charge is 0.496 e. The smallest absolute Gasteiger partial charge is 0.123 e. The normalized spacial score (nSPS) is 11.7. The highest BCUT2D eigenvalue weighted by Gasteiger charge is 2.16.